The van der Waals surface area contributed by atoms with Gasteiger partial charge < -0.3 is 10.2 Å². The van der Waals surface area contributed by atoms with Crippen molar-refractivity contribution in [3.05, 3.63) is 42.0 Å². The molecule has 0 saturated carbocycles. The summed E-state index contributed by atoms with van der Waals surface area (Å²) in [6.45, 7) is 2.94. The molecular weight excluding hydrogens is 297 g/mol. The van der Waals surface area contributed by atoms with Crippen LogP contribution in [0.15, 0.2) is 35.1 Å². The molecule has 0 aliphatic carbocycles. The van der Waals surface area contributed by atoms with Crippen molar-refractivity contribution in [2.45, 2.75) is 38.3 Å². The third kappa shape index (κ3) is 2.99. The topological polar surface area (TPSA) is 72.4 Å². The van der Waals surface area contributed by atoms with Crippen molar-refractivity contribution < 1.29 is 13.6 Å². The summed E-state index contributed by atoms with van der Waals surface area (Å²) in [5.74, 6) is -0.303. The Morgan fingerprint density at radius 1 is 1.48 bits per heavy atom. The number of oxazole rings is 1. The molecule has 0 radical (unpaired) electrons. The first-order valence-corrected chi connectivity index (χ1v) is 7.74. The van der Waals surface area contributed by atoms with E-state index in [4.69, 9.17) is 10.2 Å². The van der Waals surface area contributed by atoms with Gasteiger partial charge >= 0.3 is 0 Å². The van der Waals surface area contributed by atoms with Crippen LogP contribution in [0.3, 0.4) is 0 Å². The highest BCUT2D eigenvalue weighted by molar-refractivity contribution is 5.84. The Balaban J connectivity index is 1.83. The van der Waals surface area contributed by atoms with Gasteiger partial charge in [0.2, 0.25) is 11.8 Å². The fourth-order valence-corrected chi connectivity index (χ4v) is 3.09. The molecule has 1 fully saturated rings. The summed E-state index contributed by atoms with van der Waals surface area (Å²) in [6.07, 6.45) is 5.62. The van der Waals surface area contributed by atoms with Gasteiger partial charge in [-0.05, 0) is 44.9 Å². The molecule has 122 valence electrons. The van der Waals surface area contributed by atoms with E-state index in [0.29, 0.717) is 30.0 Å². The highest BCUT2D eigenvalue weighted by Gasteiger charge is 2.39. The van der Waals surface area contributed by atoms with E-state index >= 15 is 0 Å². The van der Waals surface area contributed by atoms with E-state index in [1.165, 1.54) is 18.5 Å². The third-order valence-corrected chi connectivity index (χ3v) is 4.66. The van der Waals surface area contributed by atoms with Gasteiger partial charge in [0, 0.05) is 17.7 Å². The molecule has 1 aliphatic rings. The minimum atomic E-state index is -0.716. The summed E-state index contributed by atoms with van der Waals surface area (Å²) in [5, 5.41) is 0. The van der Waals surface area contributed by atoms with Gasteiger partial charge in [-0.25, -0.2) is 9.37 Å². The van der Waals surface area contributed by atoms with Crippen LogP contribution in [0, 0.1) is 5.82 Å². The van der Waals surface area contributed by atoms with Crippen molar-refractivity contribution in [1.82, 2.24) is 9.88 Å². The lowest BCUT2D eigenvalue weighted by molar-refractivity contribution is -0.132. The van der Waals surface area contributed by atoms with E-state index in [0.717, 1.165) is 19.4 Å². The van der Waals surface area contributed by atoms with Crippen molar-refractivity contribution in [2.24, 2.45) is 5.73 Å². The van der Waals surface area contributed by atoms with Gasteiger partial charge in [0.05, 0.1) is 11.7 Å². The minimum Gasteiger partial charge on any atom is -0.445 e. The summed E-state index contributed by atoms with van der Waals surface area (Å²) < 4.78 is 19.6. The zero-order valence-electron chi connectivity index (χ0n) is 13.1. The average molecular weight is 317 g/mol. The maximum absolute atomic E-state index is 14.4. The maximum atomic E-state index is 14.4. The maximum Gasteiger partial charge on any atom is 0.237 e. The van der Waals surface area contributed by atoms with Crippen molar-refractivity contribution >= 4 is 5.91 Å². The van der Waals surface area contributed by atoms with Crippen LogP contribution in [-0.2, 0) is 11.3 Å². The molecule has 1 atom stereocenters. The summed E-state index contributed by atoms with van der Waals surface area (Å²) in [6, 6.07) is 4.90. The second-order valence-corrected chi connectivity index (χ2v) is 6.16. The molecule has 2 N–H and O–H groups in total. The van der Waals surface area contributed by atoms with Gasteiger partial charge in [0.25, 0.3) is 0 Å². The molecule has 2 aromatic rings. The second-order valence-electron chi connectivity index (χ2n) is 6.16. The number of piperidine rings is 1. The van der Waals surface area contributed by atoms with Crippen molar-refractivity contribution in [2.75, 3.05) is 6.54 Å². The number of aromatic nitrogens is 1. The number of likely N-dealkylation sites (tertiary alicyclic amines) is 1. The fraction of sp³-hybridized carbons (Fsp3) is 0.412. The van der Waals surface area contributed by atoms with E-state index in [1.807, 2.05) is 11.8 Å². The standard InChI is InChI=1S/C17H20FN3O2/c1-17(16(19)22)6-2-3-8-21(17)11-13-5-4-12(10-14(13)18)15-20-7-9-23-15/h4-5,7,9-10H,2-3,6,8,11H2,1H3,(H2,19,22). The van der Waals surface area contributed by atoms with Crippen LogP contribution in [0.2, 0.25) is 0 Å². The number of amides is 1. The van der Waals surface area contributed by atoms with Crippen molar-refractivity contribution in [1.29, 1.82) is 0 Å². The van der Waals surface area contributed by atoms with Crippen molar-refractivity contribution in [3.8, 4) is 11.5 Å². The van der Waals surface area contributed by atoms with Crippen molar-refractivity contribution in [3.63, 3.8) is 0 Å². The predicted octanol–water partition coefficient (Wildman–Crippen LogP) is 2.71. The first kappa shape index (κ1) is 15.7. The number of nitrogens with zero attached hydrogens (tertiary/aromatic N) is 2. The lowest BCUT2D eigenvalue weighted by atomic mass is 9.87. The van der Waals surface area contributed by atoms with Crippen LogP contribution in [-0.4, -0.2) is 27.9 Å². The summed E-state index contributed by atoms with van der Waals surface area (Å²) in [5.41, 5.74) is 5.99. The molecule has 3 rings (SSSR count). The zero-order chi connectivity index (χ0) is 16.4. The van der Waals surface area contributed by atoms with E-state index in [2.05, 4.69) is 4.98 Å². The van der Waals surface area contributed by atoms with Crippen LogP contribution < -0.4 is 5.73 Å². The largest absolute Gasteiger partial charge is 0.445 e. The monoisotopic (exact) mass is 317 g/mol. The van der Waals surface area contributed by atoms with E-state index < -0.39 is 5.54 Å². The average Bonchev–Trinajstić information content (AvgIpc) is 3.05. The molecule has 2 heterocycles. The molecule has 0 bridgehead atoms. The molecule has 1 unspecified atom stereocenters. The van der Waals surface area contributed by atoms with Gasteiger partial charge in [-0.1, -0.05) is 6.07 Å². The normalized spacial score (nSPS) is 22.2. The number of hydrogen-bond acceptors (Lipinski definition) is 4. The second kappa shape index (κ2) is 6.12. The van der Waals surface area contributed by atoms with Crippen LogP contribution in [0.25, 0.3) is 11.5 Å². The van der Waals surface area contributed by atoms with Gasteiger partial charge in [-0.2, -0.15) is 0 Å². The minimum absolute atomic E-state index is 0.335. The Hall–Kier alpha value is -2.21. The molecule has 1 saturated heterocycles. The van der Waals surface area contributed by atoms with Crippen LogP contribution >= 0.6 is 0 Å². The van der Waals surface area contributed by atoms with Gasteiger partial charge in [-0.3, -0.25) is 9.69 Å². The zero-order valence-corrected chi connectivity index (χ0v) is 13.1. The highest BCUT2D eigenvalue weighted by Crippen LogP contribution is 2.30. The summed E-state index contributed by atoms with van der Waals surface area (Å²) in [7, 11) is 0. The first-order valence-electron chi connectivity index (χ1n) is 7.74. The quantitative estimate of drug-likeness (QED) is 0.941. The molecular formula is C17H20FN3O2. The number of carbonyl (C=O) groups is 1. The van der Waals surface area contributed by atoms with Gasteiger partial charge in [0.1, 0.15) is 12.1 Å². The Kier molecular flexibility index (Phi) is 4.17. The highest BCUT2D eigenvalue weighted by atomic mass is 19.1. The summed E-state index contributed by atoms with van der Waals surface area (Å²) in [4.78, 5) is 17.8. The Morgan fingerprint density at radius 3 is 2.96 bits per heavy atom. The molecule has 0 spiro atoms. The van der Waals surface area contributed by atoms with Crippen LogP contribution in [0.5, 0.6) is 0 Å². The fourth-order valence-electron chi connectivity index (χ4n) is 3.09. The van der Waals surface area contributed by atoms with E-state index in [1.54, 1.807) is 12.1 Å². The van der Waals surface area contributed by atoms with Crippen LogP contribution in [0.4, 0.5) is 4.39 Å². The molecule has 5 nitrogen and oxygen atoms in total. The molecule has 1 aliphatic heterocycles. The van der Waals surface area contributed by atoms with Gasteiger partial charge in [0.15, 0.2) is 0 Å². The van der Waals surface area contributed by atoms with E-state index in [9.17, 15) is 9.18 Å². The molecule has 1 aromatic carbocycles. The third-order valence-electron chi connectivity index (χ3n) is 4.66. The lowest BCUT2D eigenvalue weighted by Gasteiger charge is -2.42. The lowest BCUT2D eigenvalue weighted by Crippen LogP contribution is -2.57. The number of rotatable bonds is 4. The number of halogens is 1. The number of benzene rings is 1. The molecule has 6 heteroatoms. The molecule has 1 aromatic heterocycles. The molecule has 23 heavy (non-hydrogen) atoms. The smallest absolute Gasteiger partial charge is 0.237 e. The SMILES string of the molecule is CC1(C(N)=O)CCCCN1Cc1ccc(-c2ncco2)cc1F. The summed E-state index contributed by atoms with van der Waals surface area (Å²) >= 11 is 0. The Morgan fingerprint density at radius 2 is 2.30 bits per heavy atom. The van der Waals surface area contributed by atoms with E-state index in [-0.39, 0.29) is 11.7 Å². The predicted molar refractivity (Wildman–Crippen MR) is 83.8 cm³/mol. The Bertz CT molecular complexity index is 702. The number of nitrogens with two attached hydrogens (primary N) is 1. The molecule has 1 amide bonds. The van der Waals surface area contributed by atoms with Crippen LogP contribution in [0.1, 0.15) is 31.7 Å². The van der Waals surface area contributed by atoms with Gasteiger partial charge in [-0.15, -0.1) is 0 Å². The first-order chi connectivity index (χ1) is 11.0. The number of primary amides is 1. The number of carbonyl (C=O) groups excluding carboxylic acids is 1. The Labute approximate surface area is 134 Å². The number of hydrogen-bond donors (Lipinski definition) is 1.